The Hall–Kier alpha value is -5.20. The molecule has 10 aromatic rings. The van der Waals surface area contributed by atoms with E-state index < -0.39 is 0 Å². The lowest BCUT2D eigenvalue weighted by atomic mass is 9.89. The quantitative estimate of drug-likeness (QED) is 0.185. The summed E-state index contributed by atoms with van der Waals surface area (Å²) in [5, 5.41) is 22.0. The molecule has 0 atom stereocenters. The largest absolute Gasteiger partial charge is 0.0622 e. The smallest absolute Gasteiger partial charge is 0.00197 e. The number of benzene rings is 8. The number of aryl methyl sites for hydroxylation is 2. The van der Waals surface area contributed by atoms with Gasteiger partial charge in [0.25, 0.3) is 0 Å². The molecule has 0 heteroatoms. The lowest BCUT2D eigenvalue weighted by Gasteiger charge is -2.14. The summed E-state index contributed by atoms with van der Waals surface area (Å²) in [6.45, 7) is 4.71. The SMILES string of the molecule is Cc1c2cc3c4ccccc4c4cccc(c2c(C)c2c5cc6ccc(-c7ccccc7)cc6c6cccc(c12)c65)c43. The summed E-state index contributed by atoms with van der Waals surface area (Å²) in [7, 11) is 0. The molecule has 0 fully saturated rings. The maximum absolute atomic E-state index is 2.49. The highest BCUT2D eigenvalue weighted by atomic mass is 14.3. The first-order valence-electron chi connectivity index (χ1n) is 14.9. The summed E-state index contributed by atoms with van der Waals surface area (Å²) in [5.41, 5.74) is 5.30. The van der Waals surface area contributed by atoms with Gasteiger partial charge in [0.15, 0.2) is 0 Å². The third-order valence-corrected chi connectivity index (χ3v) is 10.1. The van der Waals surface area contributed by atoms with Crippen LogP contribution >= 0.6 is 0 Å². The van der Waals surface area contributed by atoms with E-state index in [1.54, 1.807) is 0 Å². The predicted octanol–water partition coefficient (Wildman–Crippen LogP) is 12.1. The molecule has 0 heterocycles. The minimum atomic E-state index is 1.26. The van der Waals surface area contributed by atoms with Gasteiger partial charge in [-0.1, -0.05) is 103 Å². The van der Waals surface area contributed by atoms with Crippen LogP contribution in [0.15, 0.2) is 121 Å². The topological polar surface area (TPSA) is 0 Å². The molecule has 42 heavy (non-hydrogen) atoms. The third-order valence-electron chi connectivity index (χ3n) is 10.1. The average Bonchev–Trinajstić information content (AvgIpc) is 3.55. The highest BCUT2D eigenvalue weighted by Gasteiger charge is 2.22. The van der Waals surface area contributed by atoms with Gasteiger partial charge < -0.3 is 0 Å². The van der Waals surface area contributed by atoms with Crippen LogP contribution in [-0.4, -0.2) is 0 Å². The van der Waals surface area contributed by atoms with E-state index in [1.807, 2.05) is 0 Å². The van der Waals surface area contributed by atoms with Crippen molar-refractivity contribution < 1.29 is 0 Å². The summed E-state index contributed by atoms with van der Waals surface area (Å²) in [4.78, 5) is 0. The molecule has 0 bridgehead atoms. The van der Waals surface area contributed by atoms with Crippen molar-refractivity contribution in [3.05, 3.63) is 132 Å². The van der Waals surface area contributed by atoms with Crippen molar-refractivity contribution in [1.82, 2.24) is 0 Å². The monoisotopic (exact) mass is 530 g/mol. The van der Waals surface area contributed by atoms with Crippen molar-refractivity contribution in [3.8, 4) is 11.1 Å². The Labute approximate surface area is 243 Å². The first-order valence-corrected chi connectivity index (χ1v) is 14.9. The van der Waals surface area contributed by atoms with Crippen LogP contribution in [0.4, 0.5) is 0 Å². The lowest BCUT2D eigenvalue weighted by Crippen LogP contribution is -1.88. The molecule has 10 aromatic carbocycles. The second-order valence-corrected chi connectivity index (χ2v) is 12.1. The Kier molecular flexibility index (Phi) is 4.15. The van der Waals surface area contributed by atoms with Crippen molar-refractivity contribution in [2.24, 2.45) is 0 Å². The van der Waals surface area contributed by atoms with Crippen LogP contribution in [0, 0.1) is 13.8 Å². The van der Waals surface area contributed by atoms with Crippen molar-refractivity contribution in [3.63, 3.8) is 0 Å². The molecular weight excluding hydrogens is 504 g/mol. The molecule has 194 valence electrons. The van der Waals surface area contributed by atoms with E-state index in [9.17, 15) is 0 Å². The fourth-order valence-corrected chi connectivity index (χ4v) is 8.31. The molecule has 0 nitrogen and oxygen atoms in total. The van der Waals surface area contributed by atoms with E-state index in [0.29, 0.717) is 0 Å². The molecule has 0 aliphatic heterocycles. The maximum Gasteiger partial charge on any atom is -0.00197 e. The highest BCUT2D eigenvalue weighted by molar-refractivity contribution is 6.41. The molecule has 0 aliphatic rings. The summed E-state index contributed by atoms with van der Waals surface area (Å²) < 4.78 is 0. The van der Waals surface area contributed by atoms with Crippen LogP contribution in [0.1, 0.15) is 11.1 Å². The number of hydrogen-bond acceptors (Lipinski definition) is 0. The second kappa shape index (κ2) is 7.75. The molecular formula is C42H26. The van der Waals surface area contributed by atoms with Crippen molar-refractivity contribution in [2.45, 2.75) is 13.8 Å². The molecule has 0 saturated carbocycles. The van der Waals surface area contributed by atoms with Crippen molar-refractivity contribution in [2.75, 3.05) is 0 Å². The Morgan fingerprint density at radius 2 is 0.881 bits per heavy atom. The van der Waals surface area contributed by atoms with Crippen molar-refractivity contribution in [1.29, 1.82) is 0 Å². The van der Waals surface area contributed by atoms with Crippen LogP contribution in [-0.2, 0) is 0 Å². The average molecular weight is 531 g/mol. The van der Waals surface area contributed by atoms with Crippen LogP contribution in [0.25, 0.3) is 97.3 Å². The van der Waals surface area contributed by atoms with Gasteiger partial charge in [-0.25, -0.2) is 0 Å². The van der Waals surface area contributed by atoms with Crippen LogP contribution in [0.2, 0.25) is 0 Å². The van der Waals surface area contributed by atoms with E-state index in [0.717, 1.165) is 0 Å². The fraction of sp³-hybridized carbons (Fsp3) is 0.0476. The van der Waals surface area contributed by atoms with E-state index in [2.05, 4.69) is 135 Å². The van der Waals surface area contributed by atoms with E-state index in [1.165, 1.54) is 108 Å². The van der Waals surface area contributed by atoms with Gasteiger partial charge in [0.1, 0.15) is 0 Å². The van der Waals surface area contributed by atoms with E-state index in [-0.39, 0.29) is 0 Å². The highest BCUT2D eigenvalue weighted by Crippen LogP contribution is 2.50. The number of rotatable bonds is 1. The van der Waals surface area contributed by atoms with Gasteiger partial charge in [-0.3, -0.25) is 0 Å². The van der Waals surface area contributed by atoms with Crippen LogP contribution in [0.3, 0.4) is 0 Å². The standard InChI is InChI=1S/C42H26/c1-23-34-22-36-29-13-7-6-12-28(29)30-14-8-16-32(41(30)36)38(34)24(2)40-37-21-27-19-18-26(25-10-4-3-5-11-25)20-35(27)31-15-9-17-33(39(23)40)42(31)37/h3-22H,1-2H3. The molecule has 0 radical (unpaired) electrons. The van der Waals surface area contributed by atoms with Gasteiger partial charge >= 0.3 is 0 Å². The van der Waals surface area contributed by atoms with Gasteiger partial charge in [0, 0.05) is 0 Å². The Bertz CT molecular complexity index is 2730. The van der Waals surface area contributed by atoms with E-state index in [4.69, 9.17) is 0 Å². The van der Waals surface area contributed by atoms with Gasteiger partial charge in [-0.15, -0.1) is 0 Å². The molecule has 0 N–H and O–H groups in total. The summed E-state index contributed by atoms with van der Waals surface area (Å²) in [6, 6.07) is 45.4. The Balaban J connectivity index is 1.42. The second-order valence-electron chi connectivity index (χ2n) is 12.1. The zero-order valence-electron chi connectivity index (χ0n) is 23.5. The Morgan fingerprint density at radius 1 is 0.286 bits per heavy atom. The number of hydrogen-bond donors (Lipinski definition) is 0. The molecule has 0 saturated heterocycles. The predicted molar refractivity (Wildman–Crippen MR) is 184 cm³/mol. The molecule has 0 spiro atoms. The maximum atomic E-state index is 2.49. The van der Waals surface area contributed by atoms with Gasteiger partial charge in [0.05, 0.1) is 0 Å². The van der Waals surface area contributed by atoms with Gasteiger partial charge in [0.2, 0.25) is 0 Å². The van der Waals surface area contributed by atoms with Crippen LogP contribution in [0.5, 0.6) is 0 Å². The lowest BCUT2D eigenvalue weighted by molar-refractivity contribution is 1.57. The molecule has 0 aliphatic carbocycles. The number of fused-ring (bicyclic) bond motifs is 10. The minimum Gasteiger partial charge on any atom is -0.0622 e. The minimum absolute atomic E-state index is 1.26. The summed E-state index contributed by atoms with van der Waals surface area (Å²) in [6.07, 6.45) is 0. The first kappa shape index (κ1) is 22.5. The zero-order chi connectivity index (χ0) is 27.7. The van der Waals surface area contributed by atoms with E-state index >= 15 is 0 Å². The summed E-state index contributed by atoms with van der Waals surface area (Å²) in [5.74, 6) is 0. The summed E-state index contributed by atoms with van der Waals surface area (Å²) >= 11 is 0. The van der Waals surface area contributed by atoms with Gasteiger partial charge in [-0.05, 0) is 140 Å². The zero-order valence-corrected chi connectivity index (χ0v) is 23.5. The molecule has 0 unspecified atom stereocenters. The fourth-order valence-electron chi connectivity index (χ4n) is 8.31. The van der Waals surface area contributed by atoms with Gasteiger partial charge in [-0.2, -0.15) is 0 Å². The third kappa shape index (κ3) is 2.64. The normalized spacial score (nSPS) is 12.5. The Morgan fingerprint density at radius 3 is 1.67 bits per heavy atom. The van der Waals surface area contributed by atoms with Crippen molar-refractivity contribution >= 4 is 86.2 Å². The van der Waals surface area contributed by atoms with Crippen LogP contribution < -0.4 is 0 Å². The molecule has 0 aromatic heterocycles. The first-order chi connectivity index (χ1) is 20.7. The molecule has 10 rings (SSSR count). The molecule has 0 amide bonds.